The van der Waals surface area contributed by atoms with Crippen LogP contribution in [0.2, 0.25) is 0 Å². The Morgan fingerprint density at radius 2 is 1.92 bits per heavy atom. The molecule has 25 heavy (non-hydrogen) atoms. The molecule has 0 bridgehead atoms. The molecule has 1 aromatic heterocycles. The van der Waals surface area contributed by atoms with E-state index in [-0.39, 0.29) is 11.1 Å². The van der Waals surface area contributed by atoms with E-state index in [4.69, 9.17) is 5.11 Å². The molecule has 1 heterocycles. The van der Waals surface area contributed by atoms with Crippen LogP contribution < -0.4 is 5.56 Å². The maximum Gasteiger partial charge on any atom is 0.335 e. The molecule has 0 fully saturated rings. The zero-order chi connectivity index (χ0) is 17.8. The van der Waals surface area contributed by atoms with Crippen LogP contribution in [0.4, 0.5) is 0 Å². The Morgan fingerprint density at radius 1 is 1.16 bits per heavy atom. The molecule has 0 saturated heterocycles. The molecule has 0 saturated carbocycles. The fraction of sp³-hybridized carbons (Fsp3) is 0.105. The van der Waals surface area contributed by atoms with Gasteiger partial charge in [0.1, 0.15) is 0 Å². The van der Waals surface area contributed by atoms with E-state index in [1.54, 1.807) is 25.1 Å². The predicted octanol–water partition coefficient (Wildman–Crippen LogP) is 3.74. The van der Waals surface area contributed by atoms with Gasteiger partial charge in [-0.25, -0.2) is 9.78 Å². The third kappa shape index (κ3) is 3.97. The average Bonchev–Trinajstić information content (AvgIpc) is 2.63. The highest BCUT2D eigenvalue weighted by Crippen LogP contribution is 2.24. The molecule has 0 unspecified atom stereocenters. The van der Waals surface area contributed by atoms with Gasteiger partial charge >= 0.3 is 5.97 Å². The number of hydrogen-bond acceptors (Lipinski definition) is 4. The van der Waals surface area contributed by atoms with E-state index in [2.05, 4.69) is 9.97 Å². The van der Waals surface area contributed by atoms with Gasteiger partial charge in [0.05, 0.1) is 11.3 Å². The second kappa shape index (κ2) is 7.36. The zero-order valence-electron chi connectivity index (χ0n) is 13.5. The molecule has 2 aromatic carbocycles. The first-order valence-electron chi connectivity index (χ1n) is 7.66. The highest BCUT2D eigenvalue weighted by atomic mass is 32.2. The molecular weight excluding hydrogens is 336 g/mol. The zero-order valence-corrected chi connectivity index (χ0v) is 14.3. The van der Waals surface area contributed by atoms with Crippen LogP contribution in [0.5, 0.6) is 0 Å². The van der Waals surface area contributed by atoms with Crippen LogP contribution in [0.1, 0.15) is 21.5 Å². The maximum absolute atomic E-state index is 12.2. The number of aromatic amines is 1. The summed E-state index contributed by atoms with van der Waals surface area (Å²) in [5, 5.41) is 9.57. The Kier molecular flexibility index (Phi) is 5.00. The number of carbonyl (C=O) groups is 1. The minimum Gasteiger partial charge on any atom is -0.478 e. The molecule has 3 rings (SSSR count). The molecule has 0 atom stereocenters. The molecule has 0 amide bonds. The van der Waals surface area contributed by atoms with Crippen molar-refractivity contribution in [1.29, 1.82) is 0 Å². The molecule has 5 nitrogen and oxygen atoms in total. The Hall–Kier alpha value is -2.86. The highest BCUT2D eigenvalue weighted by molar-refractivity contribution is 7.98. The third-order valence-corrected chi connectivity index (χ3v) is 4.67. The topological polar surface area (TPSA) is 83.0 Å². The number of nitrogens with zero attached hydrogens (tertiary/aromatic N) is 1. The summed E-state index contributed by atoms with van der Waals surface area (Å²) in [4.78, 5) is 30.6. The van der Waals surface area contributed by atoms with Crippen molar-refractivity contribution in [3.05, 3.63) is 81.6 Å². The number of H-pyrrole nitrogens is 1. The molecule has 0 aliphatic rings. The quantitative estimate of drug-likeness (QED) is 0.540. The third-order valence-electron chi connectivity index (χ3n) is 3.73. The number of benzene rings is 2. The number of rotatable bonds is 5. The van der Waals surface area contributed by atoms with E-state index >= 15 is 0 Å². The molecule has 0 aliphatic carbocycles. The first-order chi connectivity index (χ1) is 12.0. The van der Waals surface area contributed by atoms with Crippen molar-refractivity contribution in [2.45, 2.75) is 17.8 Å². The second-order valence-electron chi connectivity index (χ2n) is 5.50. The number of thioether (sulfide) groups is 1. The standard InChI is InChI=1S/C19H16N2O3S/c1-12-16(14-7-3-2-4-8-14)20-19(21-17(12)22)25-11-13-6-5-9-15(10-13)18(23)24/h2-10H,11H2,1H3,(H,23,24)(H,20,21,22). The number of carboxylic acid groups (broad SMARTS) is 1. The Labute approximate surface area is 148 Å². The number of aromatic carboxylic acids is 1. The number of carboxylic acids is 1. The van der Waals surface area contributed by atoms with Crippen molar-refractivity contribution in [3.63, 3.8) is 0 Å². The molecule has 0 spiro atoms. The van der Waals surface area contributed by atoms with Crippen LogP contribution in [-0.2, 0) is 5.75 Å². The Bertz CT molecular complexity index is 968. The lowest BCUT2D eigenvalue weighted by atomic mass is 10.1. The maximum atomic E-state index is 12.2. The molecule has 3 aromatic rings. The van der Waals surface area contributed by atoms with E-state index in [1.807, 2.05) is 36.4 Å². The fourth-order valence-electron chi connectivity index (χ4n) is 2.40. The van der Waals surface area contributed by atoms with Gasteiger partial charge < -0.3 is 10.1 Å². The first-order valence-corrected chi connectivity index (χ1v) is 8.64. The van der Waals surface area contributed by atoms with Crippen molar-refractivity contribution in [2.24, 2.45) is 0 Å². The fourth-order valence-corrected chi connectivity index (χ4v) is 3.21. The van der Waals surface area contributed by atoms with E-state index in [9.17, 15) is 9.59 Å². The summed E-state index contributed by atoms with van der Waals surface area (Å²) in [6, 6.07) is 16.3. The van der Waals surface area contributed by atoms with Gasteiger partial charge in [-0.2, -0.15) is 0 Å². The normalized spacial score (nSPS) is 10.6. The van der Waals surface area contributed by atoms with Gasteiger partial charge in [0.25, 0.3) is 5.56 Å². The van der Waals surface area contributed by atoms with Crippen molar-refractivity contribution in [1.82, 2.24) is 9.97 Å². The van der Waals surface area contributed by atoms with Crippen LogP contribution in [0.15, 0.2) is 64.5 Å². The lowest BCUT2D eigenvalue weighted by molar-refractivity contribution is 0.0697. The molecular formula is C19H16N2O3S. The smallest absolute Gasteiger partial charge is 0.335 e. The van der Waals surface area contributed by atoms with Gasteiger partial charge in [0, 0.05) is 16.9 Å². The average molecular weight is 352 g/mol. The van der Waals surface area contributed by atoms with Crippen molar-refractivity contribution in [2.75, 3.05) is 0 Å². The molecule has 2 N–H and O–H groups in total. The van der Waals surface area contributed by atoms with Crippen LogP contribution in [0, 0.1) is 6.92 Å². The van der Waals surface area contributed by atoms with Gasteiger partial charge in [-0.05, 0) is 24.6 Å². The van der Waals surface area contributed by atoms with Crippen LogP contribution >= 0.6 is 11.8 Å². The molecule has 126 valence electrons. The van der Waals surface area contributed by atoms with E-state index in [0.717, 1.165) is 11.1 Å². The van der Waals surface area contributed by atoms with Gasteiger partial charge in [-0.1, -0.05) is 54.2 Å². The number of aromatic nitrogens is 2. The summed E-state index contributed by atoms with van der Waals surface area (Å²) in [7, 11) is 0. The van der Waals surface area contributed by atoms with Gasteiger partial charge in [-0.3, -0.25) is 4.79 Å². The van der Waals surface area contributed by atoms with Crippen molar-refractivity contribution < 1.29 is 9.90 Å². The summed E-state index contributed by atoms with van der Waals surface area (Å²) < 4.78 is 0. The molecule has 0 radical (unpaired) electrons. The summed E-state index contributed by atoms with van der Waals surface area (Å²) in [5.74, 6) is -0.443. The number of hydrogen-bond donors (Lipinski definition) is 2. The van der Waals surface area contributed by atoms with Gasteiger partial charge in [0.15, 0.2) is 5.16 Å². The molecule has 6 heteroatoms. The minimum atomic E-state index is -0.958. The molecule has 0 aliphatic heterocycles. The van der Waals surface area contributed by atoms with Crippen molar-refractivity contribution >= 4 is 17.7 Å². The van der Waals surface area contributed by atoms with Gasteiger partial charge in [0.2, 0.25) is 0 Å². The summed E-state index contributed by atoms with van der Waals surface area (Å²) in [6.45, 7) is 1.75. The van der Waals surface area contributed by atoms with Crippen LogP contribution in [0.3, 0.4) is 0 Å². The predicted molar refractivity (Wildman–Crippen MR) is 98.0 cm³/mol. The summed E-state index contributed by atoms with van der Waals surface area (Å²) in [5.41, 5.74) is 3.05. The Morgan fingerprint density at radius 3 is 2.64 bits per heavy atom. The lowest BCUT2D eigenvalue weighted by Gasteiger charge is -2.08. The summed E-state index contributed by atoms with van der Waals surface area (Å²) in [6.07, 6.45) is 0. The highest BCUT2D eigenvalue weighted by Gasteiger charge is 2.10. The SMILES string of the molecule is Cc1c(-c2ccccc2)nc(SCc2cccc(C(=O)O)c2)[nH]c1=O. The summed E-state index contributed by atoms with van der Waals surface area (Å²) >= 11 is 1.37. The largest absolute Gasteiger partial charge is 0.478 e. The van der Waals surface area contributed by atoms with E-state index < -0.39 is 5.97 Å². The van der Waals surface area contributed by atoms with E-state index in [1.165, 1.54) is 11.8 Å². The minimum absolute atomic E-state index is 0.171. The van der Waals surface area contributed by atoms with Crippen LogP contribution in [-0.4, -0.2) is 21.0 Å². The monoisotopic (exact) mass is 352 g/mol. The first kappa shape index (κ1) is 17.0. The van der Waals surface area contributed by atoms with Gasteiger partial charge in [-0.15, -0.1) is 0 Å². The Balaban J connectivity index is 1.86. The van der Waals surface area contributed by atoms with E-state index in [0.29, 0.717) is 22.2 Å². The lowest BCUT2D eigenvalue weighted by Crippen LogP contribution is -2.14. The second-order valence-corrected chi connectivity index (χ2v) is 6.47. The number of nitrogens with one attached hydrogen (secondary N) is 1. The van der Waals surface area contributed by atoms with Crippen molar-refractivity contribution in [3.8, 4) is 11.3 Å². The van der Waals surface area contributed by atoms with Crippen LogP contribution in [0.25, 0.3) is 11.3 Å².